The predicted octanol–water partition coefficient (Wildman–Crippen LogP) is 1.67. The first kappa shape index (κ1) is 16.0. The maximum Gasteiger partial charge on any atom is 0.204 e. The van der Waals surface area contributed by atoms with Gasteiger partial charge in [0.2, 0.25) is 5.43 Å². The summed E-state index contributed by atoms with van der Waals surface area (Å²) in [4.78, 5) is 12.0. The zero-order chi connectivity index (χ0) is 16.1. The third-order valence-electron chi connectivity index (χ3n) is 3.33. The largest absolute Gasteiger partial charge is 0.493 e. The molecule has 6 heteroatoms. The minimum atomic E-state index is -0.0600. The standard InChI is InChI=1S/C16H21N3O3/c1-5-17-10-13-14(20)8-11(2)19(18-13)12-6-7-15(21-3)16(9-12)22-4/h6-9,17H,5,10H2,1-4H3. The van der Waals surface area contributed by atoms with E-state index in [2.05, 4.69) is 10.4 Å². The molecule has 1 N–H and O–H groups in total. The summed E-state index contributed by atoms with van der Waals surface area (Å²) in [6.45, 7) is 5.07. The van der Waals surface area contributed by atoms with Crippen LogP contribution in [0.3, 0.4) is 0 Å². The smallest absolute Gasteiger partial charge is 0.204 e. The van der Waals surface area contributed by atoms with Crippen LogP contribution in [0.2, 0.25) is 0 Å². The van der Waals surface area contributed by atoms with E-state index in [-0.39, 0.29) is 5.43 Å². The first-order chi connectivity index (χ1) is 10.6. The molecular weight excluding hydrogens is 282 g/mol. The summed E-state index contributed by atoms with van der Waals surface area (Å²) in [5.41, 5.74) is 2.00. The Kier molecular flexibility index (Phi) is 5.16. The van der Waals surface area contributed by atoms with Gasteiger partial charge in [-0.25, -0.2) is 4.68 Å². The molecule has 0 radical (unpaired) electrons. The van der Waals surface area contributed by atoms with Crippen LogP contribution in [0.4, 0.5) is 0 Å². The number of rotatable bonds is 6. The third kappa shape index (κ3) is 3.28. The fourth-order valence-corrected chi connectivity index (χ4v) is 2.17. The number of aryl methyl sites for hydroxylation is 1. The highest BCUT2D eigenvalue weighted by molar-refractivity contribution is 5.49. The molecule has 1 aromatic carbocycles. The highest BCUT2D eigenvalue weighted by Crippen LogP contribution is 2.29. The second kappa shape index (κ2) is 7.09. The molecule has 0 atom stereocenters. The molecule has 0 saturated heterocycles. The molecule has 22 heavy (non-hydrogen) atoms. The van der Waals surface area contributed by atoms with Crippen LogP contribution in [0, 0.1) is 6.92 Å². The number of benzene rings is 1. The van der Waals surface area contributed by atoms with Crippen LogP contribution in [-0.4, -0.2) is 30.5 Å². The lowest BCUT2D eigenvalue weighted by molar-refractivity contribution is 0.354. The Morgan fingerprint density at radius 3 is 2.55 bits per heavy atom. The second-order valence-corrected chi connectivity index (χ2v) is 4.83. The number of nitrogens with one attached hydrogen (secondary N) is 1. The van der Waals surface area contributed by atoms with Gasteiger partial charge in [0.1, 0.15) is 5.69 Å². The van der Waals surface area contributed by atoms with Crippen LogP contribution in [0.25, 0.3) is 5.69 Å². The molecule has 1 aromatic heterocycles. The van der Waals surface area contributed by atoms with Crippen LogP contribution in [0.1, 0.15) is 18.3 Å². The second-order valence-electron chi connectivity index (χ2n) is 4.83. The average Bonchev–Trinajstić information content (AvgIpc) is 2.53. The van der Waals surface area contributed by atoms with Gasteiger partial charge in [-0.05, 0) is 25.6 Å². The summed E-state index contributed by atoms with van der Waals surface area (Å²) >= 11 is 0. The number of nitrogens with zero attached hydrogens (tertiary/aromatic N) is 2. The average molecular weight is 303 g/mol. The van der Waals surface area contributed by atoms with Crippen molar-refractivity contribution in [3.8, 4) is 17.2 Å². The topological polar surface area (TPSA) is 65.4 Å². The monoisotopic (exact) mass is 303 g/mol. The van der Waals surface area contributed by atoms with E-state index in [1.54, 1.807) is 25.0 Å². The molecule has 1 heterocycles. The number of aromatic nitrogens is 2. The fourth-order valence-electron chi connectivity index (χ4n) is 2.17. The third-order valence-corrected chi connectivity index (χ3v) is 3.33. The van der Waals surface area contributed by atoms with E-state index in [0.29, 0.717) is 23.7 Å². The van der Waals surface area contributed by atoms with Gasteiger partial charge in [0, 0.05) is 24.4 Å². The Morgan fingerprint density at radius 2 is 1.91 bits per heavy atom. The molecule has 0 aliphatic rings. The van der Waals surface area contributed by atoms with Crippen molar-refractivity contribution in [1.82, 2.24) is 15.1 Å². The van der Waals surface area contributed by atoms with E-state index < -0.39 is 0 Å². The van der Waals surface area contributed by atoms with E-state index in [1.165, 1.54) is 0 Å². The van der Waals surface area contributed by atoms with Crippen molar-refractivity contribution in [2.45, 2.75) is 20.4 Å². The van der Waals surface area contributed by atoms with Gasteiger partial charge in [-0.2, -0.15) is 5.10 Å². The summed E-state index contributed by atoms with van der Waals surface area (Å²) in [5.74, 6) is 1.27. The van der Waals surface area contributed by atoms with Crippen molar-refractivity contribution >= 4 is 0 Å². The summed E-state index contributed by atoms with van der Waals surface area (Å²) in [6, 6.07) is 7.12. The van der Waals surface area contributed by atoms with E-state index in [9.17, 15) is 4.79 Å². The molecule has 0 fully saturated rings. The number of hydrogen-bond acceptors (Lipinski definition) is 5. The van der Waals surface area contributed by atoms with Crippen LogP contribution >= 0.6 is 0 Å². The van der Waals surface area contributed by atoms with E-state index in [0.717, 1.165) is 17.9 Å². The molecule has 2 aromatic rings. The SMILES string of the molecule is CCNCc1nn(-c2ccc(OC)c(OC)c2)c(C)cc1=O. The summed E-state index contributed by atoms with van der Waals surface area (Å²) in [7, 11) is 3.18. The Bertz CT molecular complexity index is 710. The molecule has 6 nitrogen and oxygen atoms in total. The molecule has 118 valence electrons. The highest BCUT2D eigenvalue weighted by Gasteiger charge is 2.10. The Labute approximate surface area is 129 Å². The molecule has 0 aliphatic carbocycles. The first-order valence-corrected chi connectivity index (χ1v) is 7.13. The van der Waals surface area contributed by atoms with Gasteiger partial charge in [-0.3, -0.25) is 4.79 Å². The van der Waals surface area contributed by atoms with Crippen molar-refractivity contribution < 1.29 is 9.47 Å². The van der Waals surface area contributed by atoms with Crippen LogP contribution < -0.4 is 20.2 Å². The zero-order valence-corrected chi connectivity index (χ0v) is 13.3. The lowest BCUT2D eigenvalue weighted by Gasteiger charge is -2.14. The lowest BCUT2D eigenvalue weighted by Crippen LogP contribution is -2.24. The minimum absolute atomic E-state index is 0.0600. The molecule has 0 spiro atoms. The van der Waals surface area contributed by atoms with Gasteiger partial charge < -0.3 is 14.8 Å². The van der Waals surface area contributed by atoms with Gasteiger partial charge in [0.05, 0.1) is 19.9 Å². The van der Waals surface area contributed by atoms with Crippen LogP contribution in [0.15, 0.2) is 29.1 Å². The van der Waals surface area contributed by atoms with Gasteiger partial charge in [0.15, 0.2) is 11.5 Å². The molecule has 0 amide bonds. The maximum absolute atomic E-state index is 12.0. The fraction of sp³-hybridized carbons (Fsp3) is 0.375. The van der Waals surface area contributed by atoms with Gasteiger partial charge in [-0.1, -0.05) is 6.92 Å². The molecule has 0 bridgehead atoms. The lowest BCUT2D eigenvalue weighted by atomic mass is 10.2. The first-order valence-electron chi connectivity index (χ1n) is 7.13. The van der Waals surface area contributed by atoms with Crippen molar-refractivity contribution in [3.05, 3.63) is 45.9 Å². The minimum Gasteiger partial charge on any atom is -0.493 e. The molecular formula is C16H21N3O3. The van der Waals surface area contributed by atoms with E-state index >= 15 is 0 Å². The van der Waals surface area contributed by atoms with Crippen molar-refractivity contribution in [1.29, 1.82) is 0 Å². The normalized spacial score (nSPS) is 10.5. The quantitative estimate of drug-likeness (QED) is 0.879. The predicted molar refractivity (Wildman–Crippen MR) is 85.1 cm³/mol. The molecule has 0 unspecified atom stereocenters. The van der Waals surface area contributed by atoms with Crippen molar-refractivity contribution in [2.24, 2.45) is 0 Å². The van der Waals surface area contributed by atoms with Gasteiger partial charge >= 0.3 is 0 Å². The van der Waals surface area contributed by atoms with E-state index in [1.807, 2.05) is 32.0 Å². The van der Waals surface area contributed by atoms with E-state index in [4.69, 9.17) is 9.47 Å². The summed E-state index contributed by atoms with van der Waals surface area (Å²) < 4.78 is 12.3. The molecule has 0 saturated carbocycles. The number of ether oxygens (including phenoxy) is 2. The number of hydrogen-bond donors (Lipinski definition) is 1. The zero-order valence-electron chi connectivity index (χ0n) is 13.3. The van der Waals surface area contributed by atoms with Gasteiger partial charge in [-0.15, -0.1) is 0 Å². The highest BCUT2D eigenvalue weighted by atomic mass is 16.5. The maximum atomic E-state index is 12.0. The van der Waals surface area contributed by atoms with Crippen LogP contribution in [-0.2, 0) is 6.54 Å². The Balaban J connectivity index is 2.49. The Hall–Kier alpha value is -2.34. The van der Waals surface area contributed by atoms with Crippen molar-refractivity contribution in [3.63, 3.8) is 0 Å². The molecule has 2 rings (SSSR count). The summed E-state index contributed by atoms with van der Waals surface area (Å²) in [5, 5.41) is 7.58. The van der Waals surface area contributed by atoms with Gasteiger partial charge in [0.25, 0.3) is 0 Å². The summed E-state index contributed by atoms with van der Waals surface area (Å²) in [6.07, 6.45) is 0. The Morgan fingerprint density at radius 1 is 1.18 bits per heavy atom. The van der Waals surface area contributed by atoms with Crippen molar-refractivity contribution in [2.75, 3.05) is 20.8 Å². The molecule has 0 aliphatic heterocycles. The number of methoxy groups -OCH3 is 2. The van der Waals surface area contributed by atoms with Crippen LogP contribution in [0.5, 0.6) is 11.5 Å².